The summed E-state index contributed by atoms with van der Waals surface area (Å²) in [5.41, 5.74) is 0.0606. The van der Waals surface area contributed by atoms with Gasteiger partial charge in [0, 0.05) is 12.1 Å². The lowest BCUT2D eigenvalue weighted by molar-refractivity contribution is 0.381. The summed E-state index contributed by atoms with van der Waals surface area (Å²) in [6.45, 7) is 7.98. The highest BCUT2D eigenvalue weighted by atomic mass is 16.4. The lowest BCUT2D eigenvalue weighted by Gasteiger charge is -2.18. The standard InChI is InChI=1S/C15H26N4O/c1-15(2,3)17-9-13-18-19-14(20-13)16-8-12(10-4-5-10)11-6-7-11/h10-12,17H,4-9H2,1-3H3,(H,16,19). The van der Waals surface area contributed by atoms with E-state index in [1.807, 2.05) is 0 Å². The van der Waals surface area contributed by atoms with Crippen LogP contribution in [0.3, 0.4) is 0 Å². The van der Waals surface area contributed by atoms with Gasteiger partial charge in [0.2, 0.25) is 5.89 Å². The first-order valence-corrected chi connectivity index (χ1v) is 7.82. The fourth-order valence-electron chi connectivity index (χ4n) is 2.71. The molecule has 1 heterocycles. The monoisotopic (exact) mass is 278 g/mol. The van der Waals surface area contributed by atoms with Crippen molar-refractivity contribution in [2.45, 2.75) is 58.5 Å². The maximum absolute atomic E-state index is 5.63. The SMILES string of the molecule is CC(C)(C)NCc1nnc(NCC(C2CC2)C2CC2)o1. The van der Waals surface area contributed by atoms with Gasteiger partial charge in [-0.1, -0.05) is 5.10 Å². The van der Waals surface area contributed by atoms with E-state index in [9.17, 15) is 0 Å². The lowest BCUT2D eigenvalue weighted by atomic mass is 9.98. The fraction of sp³-hybridized carbons (Fsp3) is 0.867. The molecule has 1 aromatic rings. The van der Waals surface area contributed by atoms with Crippen LogP contribution < -0.4 is 10.6 Å². The van der Waals surface area contributed by atoms with Crippen molar-refractivity contribution in [1.29, 1.82) is 0 Å². The Balaban J connectivity index is 1.47. The number of anilines is 1. The molecule has 2 aliphatic rings. The van der Waals surface area contributed by atoms with Crippen molar-refractivity contribution in [2.24, 2.45) is 17.8 Å². The van der Waals surface area contributed by atoms with Crippen LogP contribution in [-0.2, 0) is 6.54 Å². The lowest BCUT2D eigenvalue weighted by Crippen LogP contribution is -2.35. The van der Waals surface area contributed by atoms with Crippen LogP contribution in [0.25, 0.3) is 0 Å². The molecule has 0 aliphatic heterocycles. The van der Waals surface area contributed by atoms with Crippen LogP contribution in [0.2, 0.25) is 0 Å². The Morgan fingerprint density at radius 3 is 2.35 bits per heavy atom. The van der Waals surface area contributed by atoms with Gasteiger partial charge in [0.1, 0.15) is 0 Å². The van der Waals surface area contributed by atoms with E-state index in [2.05, 4.69) is 41.6 Å². The van der Waals surface area contributed by atoms with Crippen molar-refractivity contribution < 1.29 is 4.42 Å². The Labute approximate surface area is 120 Å². The third kappa shape index (κ3) is 3.95. The molecule has 0 amide bonds. The third-order valence-corrected chi connectivity index (χ3v) is 4.18. The maximum atomic E-state index is 5.63. The van der Waals surface area contributed by atoms with Crippen LogP contribution >= 0.6 is 0 Å². The molecule has 0 saturated heterocycles. The van der Waals surface area contributed by atoms with E-state index in [0.29, 0.717) is 18.5 Å². The Hall–Kier alpha value is -1.10. The van der Waals surface area contributed by atoms with Crippen molar-refractivity contribution in [1.82, 2.24) is 15.5 Å². The Morgan fingerprint density at radius 2 is 1.80 bits per heavy atom. The van der Waals surface area contributed by atoms with Crippen LogP contribution in [-0.4, -0.2) is 22.3 Å². The van der Waals surface area contributed by atoms with E-state index < -0.39 is 0 Å². The second kappa shape index (κ2) is 5.35. The molecule has 112 valence electrons. The molecular weight excluding hydrogens is 252 g/mol. The molecule has 0 aromatic carbocycles. The van der Waals surface area contributed by atoms with Crippen LogP contribution in [0, 0.1) is 17.8 Å². The molecular formula is C15H26N4O. The summed E-state index contributed by atoms with van der Waals surface area (Å²) in [5.74, 6) is 3.36. The normalized spacial score (nSPS) is 19.6. The predicted molar refractivity (Wildman–Crippen MR) is 78.3 cm³/mol. The van der Waals surface area contributed by atoms with Crippen molar-refractivity contribution in [3.63, 3.8) is 0 Å². The van der Waals surface area contributed by atoms with Crippen molar-refractivity contribution >= 4 is 6.01 Å². The van der Waals surface area contributed by atoms with E-state index >= 15 is 0 Å². The van der Waals surface area contributed by atoms with E-state index in [1.165, 1.54) is 25.7 Å². The molecule has 5 nitrogen and oxygen atoms in total. The minimum absolute atomic E-state index is 0.0606. The minimum atomic E-state index is 0.0606. The molecule has 5 heteroatoms. The Kier molecular flexibility index (Phi) is 3.71. The minimum Gasteiger partial charge on any atom is -0.407 e. The molecule has 2 N–H and O–H groups in total. The van der Waals surface area contributed by atoms with E-state index in [4.69, 9.17) is 4.42 Å². The topological polar surface area (TPSA) is 63.0 Å². The van der Waals surface area contributed by atoms with Crippen LogP contribution in [0.4, 0.5) is 6.01 Å². The fourth-order valence-corrected chi connectivity index (χ4v) is 2.71. The summed E-state index contributed by atoms with van der Waals surface area (Å²) < 4.78 is 5.63. The quantitative estimate of drug-likeness (QED) is 0.803. The second-order valence-electron chi connectivity index (χ2n) is 7.32. The largest absolute Gasteiger partial charge is 0.407 e. The van der Waals surface area contributed by atoms with Gasteiger partial charge in [-0.05, 0) is 64.2 Å². The van der Waals surface area contributed by atoms with Gasteiger partial charge in [0.05, 0.1) is 6.54 Å². The van der Waals surface area contributed by atoms with Gasteiger partial charge in [0.15, 0.2) is 0 Å². The van der Waals surface area contributed by atoms with Gasteiger partial charge in [-0.25, -0.2) is 0 Å². The second-order valence-corrected chi connectivity index (χ2v) is 7.32. The highest BCUT2D eigenvalue weighted by Gasteiger charge is 2.41. The summed E-state index contributed by atoms with van der Waals surface area (Å²) >= 11 is 0. The highest BCUT2D eigenvalue weighted by Crippen LogP contribution is 2.49. The first kappa shape index (κ1) is 13.9. The van der Waals surface area contributed by atoms with Crippen LogP contribution in [0.5, 0.6) is 0 Å². The average Bonchev–Trinajstić information content (AvgIpc) is 3.27. The predicted octanol–water partition coefficient (Wildman–Crippen LogP) is 2.81. The number of hydrogen-bond acceptors (Lipinski definition) is 5. The van der Waals surface area contributed by atoms with E-state index in [0.717, 1.165) is 24.3 Å². The first-order chi connectivity index (χ1) is 9.51. The smallest absolute Gasteiger partial charge is 0.315 e. The van der Waals surface area contributed by atoms with Gasteiger partial charge in [-0.15, -0.1) is 5.10 Å². The molecule has 1 aromatic heterocycles. The molecule has 0 atom stereocenters. The van der Waals surface area contributed by atoms with E-state index in [-0.39, 0.29) is 5.54 Å². The highest BCUT2D eigenvalue weighted by molar-refractivity contribution is 5.18. The molecule has 0 radical (unpaired) electrons. The van der Waals surface area contributed by atoms with Gasteiger partial charge in [-0.2, -0.15) is 0 Å². The third-order valence-electron chi connectivity index (χ3n) is 4.18. The van der Waals surface area contributed by atoms with Crippen molar-refractivity contribution in [3.8, 4) is 0 Å². The summed E-state index contributed by atoms with van der Waals surface area (Å²) in [7, 11) is 0. The van der Waals surface area contributed by atoms with E-state index in [1.54, 1.807) is 0 Å². The zero-order valence-electron chi connectivity index (χ0n) is 12.8. The molecule has 0 bridgehead atoms. The zero-order valence-corrected chi connectivity index (χ0v) is 12.8. The van der Waals surface area contributed by atoms with Gasteiger partial charge >= 0.3 is 6.01 Å². The number of nitrogens with zero attached hydrogens (tertiary/aromatic N) is 2. The van der Waals surface area contributed by atoms with Gasteiger partial charge in [-0.3, -0.25) is 0 Å². The summed E-state index contributed by atoms with van der Waals surface area (Å²) in [4.78, 5) is 0. The molecule has 0 unspecified atom stereocenters. The number of hydrogen-bond donors (Lipinski definition) is 2. The zero-order chi connectivity index (χ0) is 14.2. The van der Waals surface area contributed by atoms with Crippen molar-refractivity contribution in [3.05, 3.63) is 5.89 Å². The van der Waals surface area contributed by atoms with Crippen molar-refractivity contribution in [2.75, 3.05) is 11.9 Å². The molecule has 2 saturated carbocycles. The molecule has 0 spiro atoms. The number of aromatic nitrogens is 2. The summed E-state index contributed by atoms with van der Waals surface area (Å²) in [5, 5.41) is 14.8. The molecule has 20 heavy (non-hydrogen) atoms. The maximum Gasteiger partial charge on any atom is 0.315 e. The van der Waals surface area contributed by atoms with Crippen LogP contribution in [0.15, 0.2) is 4.42 Å². The summed E-state index contributed by atoms with van der Waals surface area (Å²) in [6, 6.07) is 0.571. The first-order valence-electron chi connectivity index (χ1n) is 7.82. The van der Waals surface area contributed by atoms with Gasteiger partial charge in [0.25, 0.3) is 0 Å². The number of nitrogens with one attached hydrogen (secondary N) is 2. The summed E-state index contributed by atoms with van der Waals surface area (Å²) in [6.07, 6.45) is 5.64. The number of rotatable bonds is 7. The average molecular weight is 278 g/mol. The van der Waals surface area contributed by atoms with Gasteiger partial charge < -0.3 is 15.1 Å². The molecule has 3 rings (SSSR count). The Morgan fingerprint density at radius 1 is 1.15 bits per heavy atom. The molecule has 2 aliphatic carbocycles. The Bertz CT molecular complexity index is 431. The van der Waals surface area contributed by atoms with Crippen LogP contribution in [0.1, 0.15) is 52.3 Å². The molecule has 2 fully saturated rings.